The van der Waals surface area contributed by atoms with E-state index in [0.717, 1.165) is 18.5 Å². The smallest absolute Gasteiger partial charge is 0.306 e. The van der Waals surface area contributed by atoms with Gasteiger partial charge in [-0.25, -0.2) is 0 Å². The summed E-state index contributed by atoms with van der Waals surface area (Å²) < 4.78 is 1.69. The molecular formula is C14H21N3O3. The zero-order chi connectivity index (χ0) is 14.7. The van der Waals surface area contributed by atoms with Gasteiger partial charge in [0.25, 0.3) is 5.91 Å². The second-order valence-electron chi connectivity index (χ2n) is 5.21. The zero-order valence-electron chi connectivity index (χ0n) is 11.9. The highest BCUT2D eigenvalue weighted by molar-refractivity contribution is 5.93. The normalized spacial score (nSPS) is 21.9. The van der Waals surface area contributed by atoms with E-state index < -0.39 is 5.97 Å². The summed E-state index contributed by atoms with van der Waals surface area (Å²) in [5, 5.41) is 16.2. The molecule has 2 atom stereocenters. The number of hydrogen-bond acceptors (Lipinski definition) is 3. The molecule has 1 fully saturated rings. The zero-order valence-corrected chi connectivity index (χ0v) is 11.9. The standard InChI is InChI=1S/C14H21N3O3/c1-3-10-8-12(17(4-2)16-10)13(18)15-11-6-5-9(7-11)14(19)20/h8-9,11H,3-7H2,1-2H3,(H,15,18)(H,19,20). The van der Waals surface area contributed by atoms with Crippen molar-refractivity contribution < 1.29 is 14.7 Å². The van der Waals surface area contributed by atoms with Gasteiger partial charge >= 0.3 is 5.97 Å². The van der Waals surface area contributed by atoms with Crippen molar-refractivity contribution in [1.82, 2.24) is 15.1 Å². The van der Waals surface area contributed by atoms with Gasteiger partial charge in [0, 0.05) is 12.6 Å². The van der Waals surface area contributed by atoms with E-state index >= 15 is 0 Å². The lowest BCUT2D eigenvalue weighted by Gasteiger charge is -2.12. The Labute approximate surface area is 118 Å². The highest BCUT2D eigenvalue weighted by Crippen LogP contribution is 2.25. The van der Waals surface area contributed by atoms with E-state index in [1.54, 1.807) is 4.68 Å². The van der Waals surface area contributed by atoms with Crippen molar-refractivity contribution in [2.45, 2.75) is 52.1 Å². The number of carboxylic acids is 1. The minimum absolute atomic E-state index is 0.0473. The number of rotatable bonds is 5. The summed E-state index contributed by atoms with van der Waals surface area (Å²) in [6, 6.07) is 1.76. The molecule has 2 rings (SSSR count). The lowest BCUT2D eigenvalue weighted by molar-refractivity contribution is -0.141. The average molecular weight is 279 g/mol. The molecule has 1 aliphatic carbocycles. The molecule has 0 aromatic carbocycles. The third-order valence-corrected chi connectivity index (χ3v) is 3.84. The number of carboxylic acid groups (broad SMARTS) is 1. The number of carbonyl (C=O) groups is 2. The molecule has 2 unspecified atom stereocenters. The van der Waals surface area contributed by atoms with Gasteiger partial charge in [-0.1, -0.05) is 6.92 Å². The molecule has 1 amide bonds. The SMILES string of the molecule is CCc1cc(C(=O)NC2CCC(C(=O)O)C2)n(CC)n1. The van der Waals surface area contributed by atoms with Crippen molar-refractivity contribution >= 4 is 11.9 Å². The fourth-order valence-electron chi connectivity index (χ4n) is 2.66. The average Bonchev–Trinajstić information content (AvgIpc) is 3.04. The van der Waals surface area contributed by atoms with E-state index in [1.165, 1.54) is 0 Å². The minimum atomic E-state index is -0.770. The van der Waals surface area contributed by atoms with Crippen molar-refractivity contribution in [2.75, 3.05) is 0 Å². The van der Waals surface area contributed by atoms with Crippen molar-refractivity contribution in [1.29, 1.82) is 0 Å². The molecule has 0 saturated heterocycles. The van der Waals surface area contributed by atoms with Crippen LogP contribution < -0.4 is 5.32 Å². The Balaban J connectivity index is 2.02. The first-order chi connectivity index (χ1) is 9.55. The predicted octanol–water partition coefficient (Wildman–Crippen LogP) is 1.45. The van der Waals surface area contributed by atoms with Crippen LogP contribution in [0.25, 0.3) is 0 Å². The van der Waals surface area contributed by atoms with Crippen LogP contribution in [-0.2, 0) is 17.8 Å². The van der Waals surface area contributed by atoms with Gasteiger partial charge in [0.05, 0.1) is 11.6 Å². The van der Waals surface area contributed by atoms with E-state index in [9.17, 15) is 9.59 Å². The molecule has 1 aromatic rings. The predicted molar refractivity (Wildman–Crippen MR) is 73.5 cm³/mol. The molecule has 1 aromatic heterocycles. The Morgan fingerprint density at radius 3 is 2.75 bits per heavy atom. The molecule has 1 saturated carbocycles. The lowest BCUT2D eigenvalue weighted by Crippen LogP contribution is -2.34. The van der Waals surface area contributed by atoms with E-state index in [4.69, 9.17) is 5.11 Å². The number of carbonyl (C=O) groups excluding carboxylic acids is 1. The van der Waals surface area contributed by atoms with Gasteiger partial charge in [-0.2, -0.15) is 5.10 Å². The van der Waals surface area contributed by atoms with Gasteiger partial charge in [-0.3, -0.25) is 14.3 Å². The van der Waals surface area contributed by atoms with Crippen LogP contribution in [0, 0.1) is 5.92 Å². The maximum atomic E-state index is 12.3. The van der Waals surface area contributed by atoms with E-state index in [-0.39, 0.29) is 17.9 Å². The summed E-state index contributed by atoms with van der Waals surface area (Å²) in [6.07, 6.45) is 2.66. The second kappa shape index (κ2) is 6.07. The summed E-state index contributed by atoms with van der Waals surface area (Å²) in [6.45, 7) is 4.59. The summed E-state index contributed by atoms with van der Waals surface area (Å²) in [7, 11) is 0. The van der Waals surface area contributed by atoms with Gasteiger partial charge in [-0.05, 0) is 38.7 Å². The number of nitrogens with zero attached hydrogens (tertiary/aromatic N) is 2. The van der Waals surface area contributed by atoms with Crippen LogP contribution in [0.1, 0.15) is 49.3 Å². The third-order valence-electron chi connectivity index (χ3n) is 3.84. The number of aryl methyl sites for hydroxylation is 2. The quantitative estimate of drug-likeness (QED) is 0.854. The molecular weight excluding hydrogens is 258 g/mol. The Bertz CT molecular complexity index is 510. The molecule has 20 heavy (non-hydrogen) atoms. The van der Waals surface area contributed by atoms with Gasteiger partial charge in [0.2, 0.25) is 0 Å². The third kappa shape index (κ3) is 3.00. The van der Waals surface area contributed by atoms with Crippen LogP contribution in [0.3, 0.4) is 0 Å². The second-order valence-corrected chi connectivity index (χ2v) is 5.21. The maximum absolute atomic E-state index is 12.3. The van der Waals surface area contributed by atoms with Crippen molar-refractivity contribution in [3.63, 3.8) is 0 Å². The number of amides is 1. The van der Waals surface area contributed by atoms with Crippen LogP contribution in [-0.4, -0.2) is 32.8 Å². The number of aromatic nitrogens is 2. The molecule has 0 radical (unpaired) electrons. The largest absolute Gasteiger partial charge is 0.481 e. The van der Waals surface area contributed by atoms with E-state index in [0.29, 0.717) is 25.1 Å². The summed E-state index contributed by atoms with van der Waals surface area (Å²) in [4.78, 5) is 23.2. The van der Waals surface area contributed by atoms with Gasteiger partial charge in [0.15, 0.2) is 0 Å². The Morgan fingerprint density at radius 2 is 2.20 bits per heavy atom. The fourth-order valence-corrected chi connectivity index (χ4v) is 2.66. The number of nitrogens with one attached hydrogen (secondary N) is 1. The molecule has 0 spiro atoms. The first-order valence-corrected chi connectivity index (χ1v) is 7.15. The molecule has 1 heterocycles. The van der Waals surface area contributed by atoms with E-state index in [2.05, 4.69) is 10.4 Å². The summed E-state index contributed by atoms with van der Waals surface area (Å²) in [5.41, 5.74) is 1.45. The highest BCUT2D eigenvalue weighted by Gasteiger charge is 2.31. The molecule has 6 heteroatoms. The van der Waals surface area contributed by atoms with Crippen LogP contribution in [0.2, 0.25) is 0 Å². The monoisotopic (exact) mass is 279 g/mol. The summed E-state index contributed by atoms with van der Waals surface area (Å²) >= 11 is 0. The van der Waals surface area contributed by atoms with Gasteiger partial charge in [-0.15, -0.1) is 0 Å². The molecule has 1 aliphatic rings. The number of aliphatic carboxylic acids is 1. The van der Waals surface area contributed by atoms with Gasteiger partial charge < -0.3 is 10.4 Å². The minimum Gasteiger partial charge on any atom is -0.481 e. The molecule has 0 bridgehead atoms. The molecule has 2 N–H and O–H groups in total. The topological polar surface area (TPSA) is 84.2 Å². The van der Waals surface area contributed by atoms with Crippen LogP contribution in [0.4, 0.5) is 0 Å². The van der Waals surface area contributed by atoms with E-state index in [1.807, 2.05) is 19.9 Å². The first-order valence-electron chi connectivity index (χ1n) is 7.15. The lowest BCUT2D eigenvalue weighted by atomic mass is 10.1. The van der Waals surface area contributed by atoms with Crippen LogP contribution in [0.5, 0.6) is 0 Å². The van der Waals surface area contributed by atoms with Crippen LogP contribution in [0.15, 0.2) is 6.07 Å². The Kier molecular flexibility index (Phi) is 4.42. The molecule has 110 valence electrons. The van der Waals surface area contributed by atoms with Crippen molar-refractivity contribution in [3.05, 3.63) is 17.5 Å². The molecule has 0 aliphatic heterocycles. The summed E-state index contributed by atoms with van der Waals surface area (Å²) in [5.74, 6) is -1.26. The van der Waals surface area contributed by atoms with Gasteiger partial charge in [0.1, 0.15) is 5.69 Å². The molecule has 6 nitrogen and oxygen atoms in total. The fraction of sp³-hybridized carbons (Fsp3) is 0.643. The Hall–Kier alpha value is -1.85. The first kappa shape index (κ1) is 14.6. The number of hydrogen-bond donors (Lipinski definition) is 2. The van der Waals surface area contributed by atoms with Crippen molar-refractivity contribution in [2.24, 2.45) is 5.92 Å². The maximum Gasteiger partial charge on any atom is 0.306 e. The highest BCUT2D eigenvalue weighted by atomic mass is 16.4. The van der Waals surface area contributed by atoms with Crippen LogP contribution >= 0.6 is 0 Å². The Morgan fingerprint density at radius 1 is 1.45 bits per heavy atom. The van der Waals surface area contributed by atoms with Crippen molar-refractivity contribution in [3.8, 4) is 0 Å².